The summed E-state index contributed by atoms with van der Waals surface area (Å²) in [5.74, 6) is -0.307. The maximum atomic E-state index is 14.3. The first-order valence-corrected chi connectivity index (χ1v) is 11.5. The van der Waals surface area contributed by atoms with Crippen LogP contribution < -0.4 is 15.0 Å². The van der Waals surface area contributed by atoms with Gasteiger partial charge in [-0.3, -0.25) is 14.5 Å². The Hall–Kier alpha value is -4.71. The Morgan fingerprint density at radius 1 is 0.861 bits per heavy atom. The highest BCUT2D eigenvalue weighted by molar-refractivity contribution is 6.09. The van der Waals surface area contributed by atoms with E-state index in [9.17, 15) is 14.0 Å². The number of benzene rings is 4. The monoisotopic (exact) mass is 478 g/mol. The van der Waals surface area contributed by atoms with Crippen LogP contribution in [-0.2, 0) is 17.9 Å². The molecule has 6 heteroatoms. The standard InChI is InChI=1S/C30H23FN2O3/c31-25-11-5-4-10-24(25)20-33-26-12-6-7-13-27(26)36-28(30(33)35)18-21-14-16-23(17-15-21)29(34)32-19-22-8-2-1-3-9-22/h1-18H,19-20H2,(H,32,34). The molecule has 36 heavy (non-hydrogen) atoms. The molecule has 0 atom stereocenters. The molecule has 0 aromatic heterocycles. The van der Waals surface area contributed by atoms with E-state index in [0.29, 0.717) is 34.7 Å². The van der Waals surface area contributed by atoms with E-state index in [1.165, 1.54) is 11.0 Å². The van der Waals surface area contributed by atoms with Crippen LogP contribution in [0, 0.1) is 5.82 Å². The quantitative estimate of drug-likeness (QED) is 0.361. The molecule has 0 saturated heterocycles. The van der Waals surface area contributed by atoms with Crippen molar-refractivity contribution < 1.29 is 18.7 Å². The molecule has 1 aliphatic heterocycles. The molecule has 4 aromatic rings. The minimum atomic E-state index is -0.374. The summed E-state index contributed by atoms with van der Waals surface area (Å²) in [7, 11) is 0. The van der Waals surface area contributed by atoms with Crippen molar-refractivity contribution in [3.05, 3.63) is 137 Å². The predicted molar refractivity (Wildman–Crippen MR) is 137 cm³/mol. The largest absolute Gasteiger partial charge is 0.449 e. The van der Waals surface area contributed by atoms with E-state index in [0.717, 1.165) is 5.56 Å². The van der Waals surface area contributed by atoms with Crippen LogP contribution in [0.4, 0.5) is 10.1 Å². The van der Waals surface area contributed by atoms with Crippen molar-refractivity contribution in [3.8, 4) is 5.75 Å². The number of rotatable bonds is 6. The van der Waals surface area contributed by atoms with Crippen molar-refractivity contribution in [2.75, 3.05) is 4.90 Å². The molecule has 0 radical (unpaired) electrons. The smallest absolute Gasteiger partial charge is 0.294 e. The number of amides is 2. The Morgan fingerprint density at radius 3 is 2.33 bits per heavy atom. The van der Waals surface area contributed by atoms with Gasteiger partial charge in [0.05, 0.1) is 12.2 Å². The number of halogens is 1. The SMILES string of the molecule is O=C(NCc1ccccc1)c1ccc(C=C2Oc3ccccc3N(Cc3ccccc3F)C2=O)cc1. The Morgan fingerprint density at radius 2 is 1.56 bits per heavy atom. The first-order valence-electron chi connectivity index (χ1n) is 11.5. The molecule has 5 rings (SSSR count). The van der Waals surface area contributed by atoms with Gasteiger partial charge in [0.1, 0.15) is 5.82 Å². The third-order valence-electron chi connectivity index (χ3n) is 5.88. The minimum Gasteiger partial charge on any atom is -0.449 e. The summed E-state index contributed by atoms with van der Waals surface area (Å²) in [6.45, 7) is 0.509. The molecule has 0 bridgehead atoms. The molecule has 1 N–H and O–H groups in total. The minimum absolute atomic E-state index is 0.0732. The van der Waals surface area contributed by atoms with Crippen LogP contribution in [0.25, 0.3) is 6.08 Å². The first kappa shape index (κ1) is 23.1. The van der Waals surface area contributed by atoms with Crippen molar-refractivity contribution in [2.45, 2.75) is 13.1 Å². The number of ether oxygens (including phenoxy) is 1. The molecule has 0 aliphatic carbocycles. The number of nitrogens with zero attached hydrogens (tertiary/aromatic N) is 1. The maximum Gasteiger partial charge on any atom is 0.294 e. The normalized spacial score (nSPS) is 13.8. The van der Waals surface area contributed by atoms with E-state index in [2.05, 4.69) is 5.32 Å². The molecule has 0 saturated carbocycles. The first-order chi connectivity index (χ1) is 17.6. The number of anilines is 1. The van der Waals surface area contributed by atoms with Gasteiger partial charge in [-0.05, 0) is 47.5 Å². The second-order valence-corrected chi connectivity index (χ2v) is 8.35. The van der Waals surface area contributed by atoms with Crippen LogP contribution in [0.15, 0.2) is 109 Å². The second kappa shape index (κ2) is 10.3. The average molecular weight is 479 g/mol. The number of fused-ring (bicyclic) bond motifs is 1. The molecule has 4 aromatic carbocycles. The van der Waals surface area contributed by atoms with E-state index in [1.54, 1.807) is 66.7 Å². The molecule has 5 nitrogen and oxygen atoms in total. The summed E-state index contributed by atoms with van der Waals surface area (Å²) in [5, 5.41) is 2.90. The van der Waals surface area contributed by atoms with Gasteiger partial charge in [0.2, 0.25) is 0 Å². The second-order valence-electron chi connectivity index (χ2n) is 8.35. The summed E-state index contributed by atoms with van der Waals surface area (Å²) < 4.78 is 20.2. The molecule has 1 aliphatic rings. The number of carbonyl (C=O) groups excluding carboxylic acids is 2. The fraction of sp³-hybridized carbons (Fsp3) is 0.0667. The van der Waals surface area contributed by atoms with Crippen LogP contribution >= 0.6 is 0 Å². The average Bonchev–Trinajstić information content (AvgIpc) is 2.91. The summed E-state index contributed by atoms with van der Waals surface area (Å²) in [6.07, 6.45) is 1.62. The molecule has 0 fully saturated rings. The molecular formula is C30H23FN2O3. The lowest BCUT2D eigenvalue weighted by molar-refractivity contribution is -0.117. The zero-order chi connectivity index (χ0) is 24.9. The third kappa shape index (κ3) is 5.03. The van der Waals surface area contributed by atoms with Gasteiger partial charge in [-0.15, -0.1) is 0 Å². The van der Waals surface area contributed by atoms with E-state index >= 15 is 0 Å². The summed E-state index contributed by atoms with van der Waals surface area (Å²) in [6, 6.07) is 30.1. The van der Waals surface area contributed by atoms with Gasteiger partial charge < -0.3 is 10.1 Å². The van der Waals surface area contributed by atoms with Gasteiger partial charge in [0.15, 0.2) is 11.5 Å². The Bertz CT molecular complexity index is 1430. The molecule has 178 valence electrons. The topological polar surface area (TPSA) is 58.6 Å². The summed E-state index contributed by atoms with van der Waals surface area (Å²) in [4.78, 5) is 27.4. The van der Waals surface area contributed by atoms with Crippen LogP contribution in [0.1, 0.15) is 27.0 Å². The van der Waals surface area contributed by atoms with Gasteiger partial charge in [0, 0.05) is 17.7 Å². The van der Waals surface area contributed by atoms with Crippen LogP contribution in [0.5, 0.6) is 5.75 Å². The fourth-order valence-electron chi connectivity index (χ4n) is 3.98. The van der Waals surface area contributed by atoms with Crippen molar-refractivity contribution in [2.24, 2.45) is 0 Å². The van der Waals surface area contributed by atoms with Gasteiger partial charge in [-0.2, -0.15) is 0 Å². The molecule has 0 spiro atoms. The summed E-state index contributed by atoms with van der Waals surface area (Å²) >= 11 is 0. The van der Waals surface area contributed by atoms with Gasteiger partial charge in [0.25, 0.3) is 11.8 Å². The fourth-order valence-corrected chi connectivity index (χ4v) is 3.98. The number of nitrogens with one attached hydrogen (secondary N) is 1. The number of carbonyl (C=O) groups is 2. The van der Waals surface area contributed by atoms with E-state index in [4.69, 9.17) is 4.74 Å². The lowest BCUT2D eigenvalue weighted by Gasteiger charge is -2.30. The number of hydrogen-bond acceptors (Lipinski definition) is 3. The van der Waals surface area contributed by atoms with Gasteiger partial charge in [-0.25, -0.2) is 4.39 Å². The lowest BCUT2D eigenvalue weighted by atomic mass is 10.1. The Kier molecular flexibility index (Phi) is 6.58. The Balaban J connectivity index is 1.35. The molecule has 2 amide bonds. The highest BCUT2D eigenvalue weighted by atomic mass is 19.1. The maximum absolute atomic E-state index is 14.3. The highest BCUT2D eigenvalue weighted by Gasteiger charge is 2.30. The van der Waals surface area contributed by atoms with Crippen molar-refractivity contribution in [1.29, 1.82) is 0 Å². The van der Waals surface area contributed by atoms with Crippen LogP contribution in [0.2, 0.25) is 0 Å². The van der Waals surface area contributed by atoms with E-state index < -0.39 is 0 Å². The van der Waals surface area contributed by atoms with Crippen molar-refractivity contribution in [3.63, 3.8) is 0 Å². The molecule has 0 unspecified atom stereocenters. The third-order valence-corrected chi connectivity index (χ3v) is 5.88. The highest BCUT2D eigenvalue weighted by Crippen LogP contribution is 2.36. The van der Waals surface area contributed by atoms with E-state index in [-0.39, 0.29) is 29.9 Å². The summed E-state index contributed by atoms with van der Waals surface area (Å²) in [5.41, 5.74) is 3.21. The lowest BCUT2D eigenvalue weighted by Crippen LogP contribution is -2.37. The van der Waals surface area contributed by atoms with Crippen molar-refractivity contribution in [1.82, 2.24) is 5.32 Å². The zero-order valence-corrected chi connectivity index (χ0v) is 19.4. The van der Waals surface area contributed by atoms with Gasteiger partial charge >= 0.3 is 0 Å². The van der Waals surface area contributed by atoms with E-state index in [1.807, 2.05) is 36.4 Å². The predicted octanol–water partition coefficient (Wildman–Crippen LogP) is 5.72. The van der Waals surface area contributed by atoms with Crippen LogP contribution in [0.3, 0.4) is 0 Å². The van der Waals surface area contributed by atoms with Gasteiger partial charge in [-0.1, -0.05) is 72.8 Å². The zero-order valence-electron chi connectivity index (χ0n) is 19.4. The molecule has 1 heterocycles. The van der Waals surface area contributed by atoms with Crippen molar-refractivity contribution >= 4 is 23.6 Å². The molecular weight excluding hydrogens is 455 g/mol. The Labute approximate surface area is 208 Å². The van der Waals surface area contributed by atoms with Crippen LogP contribution in [-0.4, -0.2) is 11.8 Å². The number of para-hydroxylation sites is 2. The number of hydrogen-bond donors (Lipinski definition) is 1.